The second-order valence-corrected chi connectivity index (χ2v) is 4.41. The standard InChI is InChI=1S/C14H8ClFO4/c15-11-4-2-7(5-10(11)14(19)20)8-1-3-9(13(17)18)12(16)6-8/h1-6H,(H,17,18)(H,19,20). The van der Waals surface area contributed by atoms with Crippen molar-refractivity contribution in [2.45, 2.75) is 0 Å². The van der Waals surface area contributed by atoms with Gasteiger partial charge in [0.25, 0.3) is 0 Å². The van der Waals surface area contributed by atoms with Gasteiger partial charge in [0.15, 0.2) is 0 Å². The lowest BCUT2D eigenvalue weighted by Gasteiger charge is -2.06. The molecule has 4 nitrogen and oxygen atoms in total. The fourth-order valence-corrected chi connectivity index (χ4v) is 1.94. The van der Waals surface area contributed by atoms with Gasteiger partial charge in [-0.05, 0) is 35.4 Å². The number of carbonyl (C=O) groups is 2. The van der Waals surface area contributed by atoms with E-state index in [0.717, 1.165) is 12.1 Å². The molecule has 2 aromatic carbocycles. The Morgan fingerprint density at radius 1 is 0.900 bits per heavy atom. The van der Waals surface area contributed by atoms with E-state index in [-0.39, 0.29) is 10.6 Å². The average molecular weight is 295 g/mol. The summed E-state index contributed by atoms with van der Waals surface area (Å²) in [6, 6.07) is 7.80. The van der Waals surface area contributed by atoms with Gasteiger partial charge in [0.1, 0.15) is 5.82 Å². The molecule has 0 radical (unpaired) electrons. The first-order valence-corrected chi connectivity index (χ1v) is 5.84. The van der Waals surface area contributed by atoms with Crippen molar-refractivity contribution < 1.29 is 24.2 Å². The van der Waals surface area contributed by atoms with Crippen molar-refractivity contribution >= 4 is 23.5 Å². The average Bonchev–Trinajstić information content (AvgIpc) is 2.38. The number of hydrogen-bond acceptors (Lipinski definition) is 2. The second kappa shape index (κ2) is 5.30. The molecule has 0 saturated heterocycles. The lowest BCUT2D eigenvalue weighted by atomic mass is 10.0. The number of carboxylic acids is 2. The lowest BCUT2D eigenvalue weighted by molar-refractivity contribution is 0.0683. The molecule has 0 amide bonds. The summed E-state index contributed by atoms with van der Waals surface area (Å²) in [5.41, 5.74) is 0.252. The Morgan fingerprint density at radius 2 is 1.45 bits per heavy atom. The molecule has 6 heteroatoms. The van der Waals surface area contributed by atoms with Crippen LogP contribution in [0, 0.1) is 5.82 Å². The Balaban J connectivity index is 2.52. The van der Waals surface area contributed by atoms with E-state index in [2.05, 4.69) is 0 Å². The smallest absolute Gasteiger partial charge is 0.338 e. The Morgan fingerprint density at radius 3 is 2.00 bits per heavy atom. The van der Waals surface area contributed by atoms with E-state index in [1.54, 1.807) is 0 Å². The molecule has 0 aliphatic carbocycles. The largest absolute Gasteiger partial charge is 0.478 e. The van der Waals surface area contributed by atoms with Gasteiger partial charge in [-0.2, -0.15) is 0 Å². The first-order valence-electron chi connectivity index (χ1n) is 5.46. The van der Waals surface area contributed by atoms with E-state index < -0.39 is 23.3 Å². The molecule has 0 spiro atoms. The Bertz CT molecular complexity index is 712. The number of benzene rings is 2. The zero-order valence-corrected chi connectivity index (χ0v) is 10.7. The van der Waals surface area contributed by atoms with Crippen molar-refractivity contribution in [3.05, 3.63) is 58.4 Å². The maximum Gasteiger partial charge on any atom is 0.338 e. The first kappa shape index (κ1) is 14.0. The third kappa shape index (κ3) is 2.62. The fraction of sp³-hybridized carbons (Fsp3) is 0. The van der Waals surface area contributed by atoms with Crippen LogP contribution in [0.4, 0.5) is 4.39 Å². The summed E-state index contributed by atoms with van der Waals surface area (Å²) in [4.78, 5) is 21.7. The predicted molar refractivity (Wildman–Crippen MR) is 70.8 cm³/mol. The molecule has 2 N–H and O–H groups in total. The minimum atomic E-state index is -1.36. The van der Waals surface area contributed by atoms with Crippen LogP contribution in [0.5, 0.6) is 0 Å². The highest BCUT2D eigenvalue weighted by Crippen LogP contribution is 2.26. The summed E-state index contributed by atoms with van der Waals surface area (Å²) in [6.45, 7) is 0. The molecule has 0 saturated carbocycles. The summed E-state index contributed by atoms with van der Waals surface area (Å²) in [6.07, 6.45) is 0. The molecule has 102 valence electrons. The van der Waals surface area contributed by atoms with Crippen LogP contribution in [-0.2, 0) is 0 Å². The molecular formula is C14H8ClFO4. The zero-order valence-electron chi connectivity index (χ0n) is 9.93. The quantitative estimate of drug-likeness (QED) is 0.908. The Hall–Kier alpha value is -2.40. The van der Waals surface area contributed by atoms with Gasteiger partial charge in [-0.25, -0.2) is 14.0 Å². The normalized spacial score (nSPS) is 10.3. The van der Waals surface area contributed by atoms with Crippen molar-refractivity contribution in [1.29, 1.82) is 0 Å². The van der Waals surface area contributed by atoms with E-state index in [4.69, 9.17) is 21.8 Å². The third-order valence-electron chi connectivity index (χ3n) is 2.73. The molecule has 0 atom stereocenters. The topological polar surface area (TPSA) is 74.6 Å². The van der Waals surface area contributed by atoms with Crippen molar-refractivity contribution in [3.8, 4) is 11.1 Å². The number of rotatable bonds is 3. The highest BCUT2D eigenvalue weighted by Gasteiger charge is 2.13. The minimum absolute atomic E-state index is 0.0730. The lowest BCUT2D eigenvalue weighted by Crippen LogP contribution is -2.01. The summed E-state index contributed by atoms with van der Waals surface area (Å²) in [5, 5.41) is 17.8. The van der Waals surface area contributed by atoms with E-state index in [0.29, 0.717) is 11.1 Å². The van der Waals surface area contributed by atoms with Crippen molar-refractivity contribution in [1.82, 2.24) is 0 Å². The summed E-state index contributed by atoms with van der Waals surface area (Å²) >= 11 is 5.74. The monoisotopic (exact) mass is 294 g/mol. The molecule has 0 bridgehead atoms. The summed E-state index contributed by atoms with van der Waals surface area (Å²) in [7, 11) is 0. The van der Waals surface area contributed by atoms with Crippen LogP contribution in [0.25, 0.3) is 11.1 Å². The maximum atomic E-state index is 13.6. The van der Waals surface area contributed by atoms with Crippen LogP contribution in [0.1, 0.15) is 20.7 Å². The molecule has 0 fully saturated rings. The number of aromatic carboxylic acids is 2. The Kier molecular flexibility index (Phi) is 3.72. The summed E-state index contributed by atoms with van der Waals surface area (Å²) in [5.74, 6) is -3.45. The van der Waals surface area contributed by atoms with Gasteiger partial charge in [0.05, 0.1) is 16.1 Å². The molecular weight excluding hydrogens is 287 g/mol. The van der Waals surface area contributed by atoms with E-state index in [9.17, 15) is 14.0 Å². The number of hydrogen-bond donors (Lipinski definition) is 2. The zero-order chi connectivity index (χ0) is 14.9. The molecule has 0 aromatic heterocycles. The molecule has 2 aromatic rings. The van der Waals surface area contributed by atoms with E-state index in [1.165, 1.54) is 24.3 Å². The molecule has 0 aliphatic heterocycles. The minimum Gasteiger partial charge on any atom is -0.478 e. The predicted octanol–water partition coefficient (Wildman–Crippen LogP) is 3.54. The molecule has 20 heavy (non-hydrogen) atoms. The van der Waals surface area contributed by atoms with Gasteiger partial charge in [0.2, 0.25) is 0 Å². The Labute approximate surface area is 118 Å². The molecule has 0 unspecified atom stereocenters. The van der Waals surface area contributed by atoms with Gasteiger partial charge in [0, 0.05) is 0 Å². The van der Waals surface area contributed by atoms with Crippen molar-refractivity contribution in [3.63, 3.8) is 0 Å². The van der Waals surface area contributed by atoms with Crippen LogP contribution in [0.2, 0.25) is 5.02 Å². The molecule has 0 aliphatic rings. The SMILES string of the molecule is O=C(O)c1ccc(-c2ccc(Cl)c(C(=O)O)c2)cc1F. The summed E-state index contributed by atoms with van der Waals surface area (Å²) < 4.78 is 13.6. The van der Waals surface area contributed by atoms with Crippen molar-refractivity contribution in [2.75, 3.05) is 0 Å². The highest BCUT2D eigenvalue weighted by molar-refractivity contribution is 6.33. The second-order valence-electron chi connectivity index (χ2n) is 4.00. The van der Waals surface area contributed by atoms with Gasteiger partial charge in [-0.1, -0.05) is 23.7 Å². The van der Waals surface area contributed by atoms with Crippen molar-refractivity contribution in [2.24, 2.45) is 0 Å². The van der Waals surface area contributed by atoms with Crippen LogP contribution < -0.4 is 0 Å². The van der Waals surface area contributed by atoms with Gasteiger partial charge in [-0.3, -0.25) is 0 Å². The van der Waals surface area contributed by atoms with Crippen LogP contribution in [0.3, 0.4) is 0 Å². The maximum absolute atomic E-state index is 13.6. The van der Waals surface area contributed by atoms with Gasteiger partial charge < -0.3 is 10.2 Å². The van der Waals surface area contributed by atoms with E-state index in [1.807, 2.05) is 0 Å². The third-order valence-corrected chi connectivity index (χ3v) is 3.06. The van der Waals surface area contributed by atoms with E-state index >= 15 is 0 Å². The van der Waals surface area contributed by atoms with Crippen LogP contribution >= 0.6 is 11.6 Å². The number of halogens is 2. The highest BCUT2D eigenvalue weighted by atomic mass is 35.5. The molecule has 2 rings (SSSR count). The van der Waals surface area contributed by atoms with Gasteiger partial charge in [-0.15, -0.1) is 0 Å². The van der Waals surface area contributed by atoms with Crippen LogP contribution in [-0.4, -0.2) is 22.2 Å². The number of carboxylic acid groups (broad SMARTS) is 2. The first-order chi connectivity index (χ1) is 9.40. The van der Waals surface area contributed by atoms with Gasteiger partial charge >= 0.3 is 11.9 Å². The van der Waals surface area contributed by atoms with Crippen LogP contribution in [0.15, 0.2) is 36.4 Å². The fourth-order valence-electron chi connectivity index (χ4n) is 1.74. The molecule has 0 heterocycles.